The molecule has 0 radical (unpaired) electrons. The Kier molecular flexibility index (Phi) is 7.01. The van der Waals surface area contributed by atoms with Crippen LogP contribution in [-0.2, 0) is 14.3 Å². The summed E-state index contributed by atoms with van der Waals surface area (Å²) in [5, 5.41) is 12.1. The number of nitrogens with zero attached hydrogens (tertiary/aromatic N) is 1. The Morgan fingerprint density at radius 3 is 2.24 bits per heavy atom. The van der Waals surface area contributed by atoms with Gasteiger partial charge in [0.05, 0.1) is 0 Å². The number of rotatable bonds is 10. The molecule has 1 fully saturated rings. The molecule has 2 N–H and O–H groups in total. The fraction of sp³-hybridized carbons (Fsp3) is 0.370. The minimum Gasteiger partial charge on any atom is -0.480 e. The van der Waals surface area contributed by atoms with E-state index in [1.165, 1.54) is 11.8 Å². The Labute approximate surface area is 199 Å². The number of hydrogen-bond acceptors (Lipinski definition) is 4. The SMILES string of the molecule is C=CCCC(NC(=O)OCC1c2ccccc2-c2ccccc21)C(=O)N(C1CC1)C(C)C(=O)O. The van der Waals surface area contributed by atoms with Gasteiger partial charge in [-0.2, -0.15) is 0 Å². The van der Waals surface area contributed by atoms with E-state index in [4.69, 9.17) is 4.74 Å². The zero-order valence-corrected chi connectivity index (χ0v) is 19.3. The molecule has 0 saturated heterocycles. The zero-order valence-electron chi connectivity index (χ0n) is 19.3. The predicted molar refractivity (Wildman–Crippen MR) is 128 cm³/mol. The number of carboxylic acid groups (broad SMARTS) is 1. The van der Waals surface area contributed by atoms with E-state index in [0.717, 1.165) is 35.1 Å². The molecule has 2 unspecified atom stereocenters. The molecule has 0 spiro atoms. The molecule has 1 saturated carbocycles. The van der Waals surface area contributed by atoms with Crippen molar-refractivity contribution >= 4 is 18.0 Å². The molecule has 7 nitrogen and oxygen atoms in total. The van der Waals surface area contributed by atoms with Crippen LogP contribution < -0.4 is 5.32 Å². The highest BCUT2D eigenvalue weighted by Crippen LogP contribution is 2.44. The van der Waals surface area contributed by atoms with Crippen LogP contribution in [0.3, 0.4) is 0 Å². The van der Waals surface area contributed by atoms with E-state index in [2.05, 4.69) is 24.0 Å². The second-order valence-electron chi connectivity index (χ2n) is 8.88. The van der Waals surface area contributed by atoms with Crippen LogP contribution in [0, 0.1) is 0 Å². The van der Waals surface area contributed by atoms with E-state index in [-0.39, 0.29) is 18.6 Å². The summed E-state index contributed by atoms with van der Waals surface area (Å²) in [4.78, 5) is 39.0. The van der Waals surface area contributed by atoms with Gasteiger partial charge in [-0.3, -0.25) is 4.79 Å². The van der Waals surface area contributed by atoms with Gasteiger partial charge in [0.1, 0.15) is 18.7 Å². The summed E-state index contributed by atoms with van der Waals surface area (Å²) in [6.45, 7) is 5.33. The molecule has 0 heterocycles. The summed E-state index contributed by atoms with van der Waals surface area (Å²) >= 11 is 0. The number of allylic oxidation sites excluding steroid dienone is 1. The average molecular weight is 463 g/mol. The number of ether oxygens (including phenoxy) is 1. The Morgan fingerprint density at radius 1 is 1.12 bits per heavy atom. The minimum absolute atomic E-state index is 0.0875. The molecule has 2 aromatic carbocycles. The molecule has 178 valence electrons. The van der Waals surface area contributed by atoms with Crippen LogP contribution in [0.2, 0.25) is 0 Å². The van der Waals surface area contributed by atoms with Crippen LogP contribution in [0.25, 0.3) is 11.1 Å². The van der Waals surface area contributed by atoms with Crippen LogP contribution in [0.4, 0.5) is 4.79 Å². The maximum absolute atomic E-state index is 13.3. The van der Waals surface area contributed by atoms with Crippen LogP contribution >= 0.6 is 0 Å². The summed E-state index contributed by atoms with van der Waals surface area (Å²) in [6, 6.07) is 14.2. The number of carbonyl (C=O) groups excluding carboxylic acids is 2. The first kappa shape index (κ1) is 23.5. The van der Waals surface area contributed by atoms with E-state index >= 15 is 0 Å². The number of aliphatic carboxylic acids is 1. The third-order valence-corrected chi connectivity index (χ3v) is 6.56. The standard InChI is InChI=1S/C27H30N2O5/c1-3-4-13-24(25(30)29(18-14-15-18)17(2)26(31)32)28-27(33)34-16-23-21-11-7-5-9-19(21)20-10-6-8-12-22(20)23/h3,5-12,17-18,23-24H,1,4,13-16H2,2H3,(H,28,33)(H,31,32). The molecule has 4 rings (SSSR count). The summed E-state index contributed by atoms with van der Waals surface area (Å²) in [7, 11) is 0. The Bertz CT molecular complexity index is 1050. The molecular formula is C27H30N2O5. The topological polar surface area (TPSA) is 95.9 Å². The van der Waals surface area contributed by atoms with Gasteiger partial charge in [0.25, 0.3) is 0 Å². The smallest absolute Gasteiger partial charge is 0.407 e. The maximum Gasteiger partial charge on any atom is 0.407 e. The fourth-order valence-electron chi connectivity index (χ4n) is 4.66. The highest BCUT2D eigenvalue weighted by Gasteiger charge is 2.41. The first-order valence-electron chi connectivity index (χ1n) is 11.7. The lowest BCUT2D eigenvalue weighted by Gasteiger charge is -2.30. The van der Waals surface area contributed by atoms with Crippen molar-refractivity contribution in [2.75, 3.05) is 6.61 Å². The van der Waals surface area contributed by atoms with Crippen molar-refractivity contribution in [1.29, 1.82) is 0 Å². The number of carboxylic acids is 1. The van der Waals surface area contributed by atoms with Crippen molar-refractivity contribution in [1.82, 2.24) is 10.2 Å². The molecule has 2 amide bonds. The fourth-order valence-corrected chi connectivity index (χ4v) is 4.66. The van der Waals surface area contributed by atoms with E-state index in [9.17, 15) is 19.5 Å². The van der Waals surface area contributed by atoms with Gasteiger partial charge in [-0.25, -0.2) is 9.59 Å². The van der Waals surface area contributed by atoms with Gasteiger partial charge in [-0.05, 0) is 54.9 Å². The molecule has 0 aromatic heterocycles. The monoisotopic (exact) mass is 462 g/mol. The summed E-state index contributed by atoms with van der Waals surface area (Å²) in [5.41, 5.74) is 4.47. The van der Waals surface area contributed by atoms with E-state index < -0.39 is 30.1 Å². The third kappa shape index (κ3) is 4.83. The molecule has 0 bridgehead atoms. The van der Waals surface area contributed by atoms with Gasteiger partial charge in [-0.15, -0.1) is 6.58 Å². The number of carbonyl (C=O) groups is 3. The second-order valence-corrected chi connectivity index (χ2v) is 8.88. The molecule has 2 atom stereocenters. The average Bonchev–Trinajstić information content (AvgIpc) is 3.62. The lowest BCUT2D eigenvalue weighted by atomic mass is 9.98. The van der Waals surface area contributed by atoms with Gasteiger partial charge in [0.2, 0.25) is 5.91 Å². The minimum atomic E-state index is -1.07. The van der Waals surface area contributed by atoms with Crippen molar-refractivity contribution in [2.45, 2.75) is 56.7 Å². The van der Waals surface area contributed by atoms with Crippen LogP contribution in [0.1, 0.15) is 49.7 Å². The van der Waals surface area contributed by atoms with E-state index in [0.29, 0.717) is 12.8 Å². The van der Waals surface area contributed by atoms with Crippen LogP contribution in [0.15, 0.2) is 61.2 Å². The number of nitrogens with one attached hydrogen (secondary N) is 1. The van der Waals surface area contributed by atoms with Gasteiger partial charge in [0.15, 0.2) is 0 Å². The van der Waals surface area contributed by atoms with Crippen LogP contribution in [-0.4, -0.2) is 52.7 Å². The van der Waals surface area contributed by atoms with E-state index in [1.54, 1.807) is 6.08 Å². The largest absolute Gasteiger partial charge is 0.480 e. The molecule has 34 heavy (non-hydrogen) atoms. The molecule has 2 aliphatic carbocycles. The Hall–Kier alpha value is -3.61. The first-order valence-corrected chi connectivity index (χ1v) is 11.7. The van der Waals surface area contributed by atoms with Crippen molar-refractivity contribution < 1.29 is 24.2 Å². The molecule has 7 heteroatoms. The summed E-state index contributed by atoms with van der Waals surface area (Å²) in [6.07, 6.45) is 3.33. The van der Waals surface area contributed by atoms with Gasteiger partial charge < -0.3 is 20.1 Å². The first-order chi connectivity index (χ1) is 16.4. The normalized spacial score (nSPS) is 16.0. The molecule has 0 aliphatic heterocycles. The van der Waals surface area contributed by atoms with Crippen molar-refractivity contribution in [3.63, 3.8) is 0 Å². The number of alkyl carbamates (subject to hydrolysis) is 1. The number of fused-ring (bicyclic) bond motifs is 3. The Morgan fingerprint density at radius 2 is 1.71 bits per heavy atom. The van der Waals surface area contributed by atoms with E-state index in [1.807, 2.05) is 36.4 Å². The maximum atomic E-state index is 13.3. The molecule has 2 aliphatic rings. The van der Waals surface area contributed by atoms with Gasteiger partial charge in [0, 0.05) is 12.0 Å². The van der Waals surface area contributed by atoms with Crippen molar-refractivity contribution in [2.24, 2.45) is 0 Å². The van der Waals surface area contributed by atoms with Crippen molar-refractivity contribution in [3.8, 4) is 11.1 Å². The lowest BCUT2D eigenvalue weighted by molar-refractivity contribution is -0.150. The number of hydrogen-bond donors (Lipinski definition) is 2. The zero-order chi connectivity index (χ0) is 24.2. The molecule has 2 aromatic rings. The summed E-state index contributed by atoms with van der Waals surface area (Å²) in [5.74, 6) is -1.55. The quantitative estimate of drug-likeness (QED) is 0.513. The lowest BCUT2D eigenvalue weighted by Crippen LogP contribution is -2.54. The predicted octanol–water partition coefficient (Wildman–Crippen LogP) is 4.32. The van der Waals surface area contributed by atoms with Crippen LogP contribution in [0.5, 0.6) is 0 Å². The van der Waals surface area contributed by atoms with Crippen molar-refractivity contribution in [3.05, 3.63) is 72.3 Å². The number of benzene rings is 2. The van der Waals surface area contributed by atoms with Gasteiger partial charge >= 0.3 is 12.1 Å². The van der Waals surface area contributed by atoms with Gasteiger partial charge in [-0.1, -0.05) is 54.6 Å². The third-order valence-electron chi connectivity index (χ3n) is 6.56. The Balaban J connectivity index is 1.45. The highest BCUT2D eigenvalue weighted by molar-refractivity contribution is 5.89. The molecular weight excluding hydrogens is 432 g/mol. The summed E-state index contributed by atoms with van der Waals surface area (Å²) < 4.78 is 5.60. The second kappa shape index (κ2) is 10.1. The number of amides is 2. The highest BCUT2D eigenvalue weighted by atomic mass is 16.5.